The minimum atomic E-state index is -1.35. The van der Waals surface area contributed by atoms with E-state index in [1.165, 1.54) is 14.2 Å². The lowest BCUT2D eigenvalue weighted by Crippen LogP contribution is -2.55. The molecule has 0 aliphatic heterocycles. The van der Waals surface area contributed by atoms with Gasteiger partial charge in [-0.05, 0) is 12.8 Å². The van der Waals surface area contributed by atoms with Crippen LogP contribution in [0.25, 0.3) is 0 Å². The maximum atomic E-state index is 11.4. The van der Waals surface area contributed by atoms with Crippen LogP contribution in [0.2, 0.25) is 0 Å². The minimum absolute atomic E-state index is 0.176. The van der Waals surface area contributed by atoms with Gasteiger partial charge in [-0.2, -0.15) is 0 Å². The van der Waals surface area contributed by atoms with Crippen LogP contribution >= 0.6 is 0 Å². The second-order valence-corrected chi connectivity index (χ2v) is 7.98. The molecule has 6 N–H and O–H groups in total. The molecule has 2 rings (SSSR count). The Bertz CT molecular complexity index is 666. The third kappa shape index (κ3) is 6.40. The fourth-order valence-corrected chi connectivity index (χ4v) is 4.25. The first-order valence-electron chi connectivity index (χ1n) is 10.3. The molecule has 2 fully saturated rings. The van der Waals surface area contributed by atoms with Crippen molar-refractivity contribution in [2.75, 3.05) is 28.4 Å². The molecule has 10 atom stereocenters. The number of methoxy groups -OCH3 is 4. The number of rotatable bonds is 6. The van der Waals surface area contributed by atoms with E-state index in [0.29, 0.717) is 0 Å². The van der Waals surface area contributed by atoms with Gasteiger partial charge < -0.3 is 49.6 Å². The zero-order valence-corrected chi connectivity index (χ0v) is 19.1. The van der Waals surface area contributed by atoms with E-state index in [0.717, 1.165) is 14.2 Å². The molecule has 0 saturated heterocycles. The first-order chi connectivity index (χ1) is 15.9. The summed E-state index contributed by atoms with van der Waals surface area (Å²) in [6, 6.07) is 0. The topological polar surface area (TPSA) is 227 Å². The number of carboxylic acids is 2. The molecule has 2 saturated carbocycles. The van der Waals surface area contributed by atoms with Crippen molar-refractivity contribution in [2.24, 2.45) is 23.7 Å². The van der Waals surface area contributed by atoms with Gasteiger partial charge in [-0.3, -0.25) is 19.2 Å². The van der Waals surface area contributed by atoms with E-state index in [9.17, 15) is 39.6 Å². The van der Waals surface area contributed by atoms with Gasteiger partial charge in [0.2, 0.25) is 0 Å². The van der Waals surface area contributed by atoms with E-state index in [-0.39, 0.29) is 12.8 Å². The highest BCUT2D eigenvalue weighted by Gasteiger charge is 2.50. The SMILES string of the molecule is COC(=O)C1CC(C(=O)O)C(O)C(OC)C1O.COC(=O)C1CC(C(=O)O)C(O)C(OC)C1O. The molecule has 34 heavy (non-hydrogen) atoms. The smallest absolute Gasteiger partial charge is 0.311 e. The lowest BCUT2D eigenvalue weighted by Gasteiger charge is -2.39. The Hall–Kier alpha value is -2.36. The monoisotopic (exact) mass is 496 g/mol. The third-order valence-electron chi connectivity index (χ3n) is 6.20. The number of aliphatic hydroxyl groups excluding tert-OH is 4. The second-order valence-electron chi connectivity index (χ2n) is 7.98. The summed E-state index contributed by atoms with van der Waals surface area (Å²) in [4.78, 5) is 44.7. The Morgan fingerprint density at radius 2 is 0.824 bits per heavy atom. The number of hydrogen-bond acceptors (Lipinski definition) is 12. The highest BCUT2D eigenvalue weighted by Crippen LogP contribution is 2.33. The Morgan fingerprint density at radius 1 is 0.559 bits per heavy atom. The van der Waals surface area contributed by atoms with Crippen molar-refractivity contribution >= 4 is 23.9 Å². The lowest BCUT2D eigenvalue weighted by molar-refractivity contribution is -0.185. The molecule has 0 spiro atoms. The lowest BCUT2D eigenvalue weighted by atomic mass is 9.75. The molecule has 0 radical (unpaired) electrons. The van der Waals surface area contributed by atoms with Gasteiger partial charge in [-0.15, -0.1) is 0 Å². The second kappa shape index (κ2) is 12.9. The summed E-state index contributed by atoms with van der Waals surface area (Å²) in [5.74, 6) is -8.22. The first-order valence-corrected chi connectivity index (χ1v) is 10.3. The average molecular weight is 496 g/mol. The summed E-state index contributed by atoms with van der Waals surface area (Å²) in [5, 5.41) is 57.0. The van der Waals surface area contributed by atoms with Crippen molar-refractivity contribution in [3.8, 4) is 0 Å². The van der Waals surface area contributed by atoms with Crippen molar-refractivity contribution in [2.45, 2.75) is 49.5 Å². The zero-order valence-electron chi connectivity index (χ0n) is 19.1. The molecule has 0 aromatic rings. The van der Waals surface area contributed by atoms with Gasteiger partial charge in [0.25, 0.3) is 0 Å². The third-order valence-corrected chi connectivity index (χ3v) is 6.20. The molecule has 0 heterocycles. The number of carboxylic acid groups (broad SMARTS) is 2. The molecular weight excluding hydrogens is 464 g/mol. The van der Waals surface area contributed by atoms with Crippen molar-refractivity contribution in [1.82, 2.24) is 0 Å². The molecule has 10 unspecified atom stereocenters. The van der Waals surface area contributed by atoms with E-state index in [1.54, 1.807) is 0 Å². The van der Waals surface area contributed by atoms with Gasteiger partial charge in [0.1, 0.15) is 12.2 Å². The molecule has 14 heteroatoms. The van der Waals surface area contributed by atoms with Crippen molar-refractivity contribution in [3.05, 3.63) is 0 Å². The van der Waals surface area contributed by atoms with Crippen molar-refractivity contribution in [1.29, 1.82) is 0 Å². The number of hydrogen-bond donors (Lipinski definition) is 6. The van der Waals surface area contributed by atoms with Gasteiger partial charge in [0.05, 0.1) is 62.3 Å². The van der Waals surface area contributed by atoms with Gasteiger partial charge >= 0.3 is 23.9 Å². The van der Waals surface area contributed by atoms with Crippen molar-refractivity contribution in [3.63, 3.8) is 0 Å². The Kier molecular flexibility index (Phi) is 11.3. The maximum absolute atomic E-state index is 11.4. The van der Waals surface area contributed by atoms with Crippen LogP contribution < -0.4 is 0 Å². The van der Waals surface area contributed by atoms with E-state index >= 15 is 0 Å². The molecule has 2 aliphatic rings. The average Bonchev–Trinajstić information content (AvgIpc) is 2.79. The number of carbonyl (C=O) groups excluding carboxylic acids is 2. The summed E-state index contributed by atoms with van der Waals surface area (Å²) in [7, 11) is 4.76. The largest absolute Gasteiger partial charge is 0.481 e. The number of aliphatic carboxylic acids is 2. The van der Waals surface area contributed by atoms with E-state index in [2.05, 4.69) is 9.47 Å². The predicted molar refractivity (Wildman–Crippen MR) is 108 cm³/mol. The maximum Gasteiger partial charge on any atom is 0.311 e. The molecule has 14 nitrogen and oxygen atoms in total. The van der Waals surface area contributed by atoms with Gasteiger partial charge in [0.15, 0.2) is 0 Å². The summed E-state index contributed by atoms with van der Waals surface area (Å²) in [5.41, 5.74) is 0. The molecule has 0 amide bonds. The van der Waals surface area contributed by atoms with Gasteiger partial charge in [-0.25, -0.2) is 0 Å². The molecule has 0 aromatic heterocycles. The summed E-state index contributed by atoms with van der Waals surface area (Å²) < 4.78 is 18.7. The van der Waals surface area contributed by atoms with Crippen LogP contribution in [0.5, 0.6) is 0 Å². The van der Waals surface area contributed by atoms with Crippen LogP contribution in [-0.4, -0.2) is 120 Å². The molecule has 196 valence electrons. The number of esters is 2. The number of carbonyl (C=O) groups is 4. The van der Waals surface area contributed by atoms with Crippen LogP contribution in [0, 0.1) is 23.7 Å². The number of aliphatic hydroxyl groups is 4. The standard InChI is InChI=1S/2C10H16O7/c2*1-16-8-6(11)4(9(13)14)3-5(7(8)12)10(15)17-2/h2*4-8,11-12H,3H2,1-2H3,(H,13,14). The van der Waals surface area contributed by atoms with E-state index in [1.807, 2.05) is 0 Å². The fraction of sp³-hybridized carbons (Fsp3) is 0.800. The Balaban J connectivity index is 0.000000340. The summed E-state index contributed by atoms with van der Waals surface area (Å²) in [6.45, 7) is 0. The molecule has 0 aromatic carbocycles. The summed E-state index contributed by atoms with van der Waals surface area (Å²) >= 11 is 0. The highest BCUT2D eigenvalue weighted by molar-refractivity contribution is 5.77. The van der Waals surface area contributed by atoms with Crippen molar-refractivity contribution < 1.29 is 68.8 Å². The number of ether oxygens (including phenoxy) is 4. The van der Waals surface area contributed by atoms with E-state index in [4.69, 9.17) is 19.7 Å². The summed E-state index contributed by atoms with van der Waals surface area (Å²) in [6.07, 6.45) is -7.85. The van der Waals surface area contributed by atoms with Gasteiger partial charge in [0, 0.05) is 14.2 Å². The van der Waals surface area contributed by atoms with Gasteiger partial charge in [-0.1, -0.05) is 0 Å². The van der Waals surface area contributed by atoms with Crippen LogP contribution in [0.3, 0.4) is 0 Å². The van der Waals surface area contributed by atoms with Crippen LogP contribution in [0.4, 0.5) is 0 Å². The fourth-order valence-electron chi connectivity index (χ4n) is 4.25. The Labute approximate surface area is 195 Å². The molecule has 2 aliphatic carbocycles. The Morgan fingerprint density at radius 3 is 1.03 bits per heavy atom. The molecular formula is C20H32O14. The zero-order chi connectivity index (χ0) is 26.3. The van der Waals surface area contributed by atoms with Crippen LogP contribution in [-0.2, 0) is 38.1 Å². The van der Waals surface area contributed by atoms with Crippen LogP contribution in [0.1, 0.15) is 12.8 Å². The minimum Gasteiger partial charge on any atom is -0.481 e. The first kappa shape index (κ1) is 29.7. The highest BCUT2D eigenvalue weighted by atomic mass is 16.5. The van der Waals surface area contributed by atoms with E-state index < -0.39 is 84.2 Å². The quantitative estimate of drug-likeness (QED) is 0.205. The normalized spacial score (nSPS) is 37.5. The molecule has 0 bridgehead atoms. The van der Waals surface area contributed by atoms with Crippen LogP contribution in [0.15, 0.2) is 0 Å². The predicted octanol–water partition coefficient (Wildman–Crippen LogP) is -2.77.